The lowest BCUT2D eigenvalue weighted by Crippen LogP contribution is -2.58. The fourth-order valence-corrected chi connectivity index (χ4v) is 4.00. The van der Waals surface area contributed by atoms with E-state index in [2.05, 4.69) is 5.32 Å². The Balaban J connectivity index is 1.68. The Bertz CT molecular complexity index is 1260. The first-order valence-electron chi connectivity index (χ1n) is 10.5. The number of ether oxygens (including phenoxy) is 1. The lowest BCUT2D eigenvalue weighted by atomic mass is 9.80. The van der Waals surface area contributed by atoms with Crippen molar-refractivity contribution in [2.45, 2.75) is 18.8 Å². The number of anilines is 1. The zero-order valence-electron chi connectivity index (χ0n) is 18.3. The standard InChI is InChI=1S/C25H19F5N2O3/c1-35-16-9-6-14(7-10-16)13-32-22(15-8-11-18(26)17(12-15)25(28,29)30)21(24(32)34)23(33)31-20-5-3-2-4-19(20)27/h2-12,21-22H,13H2,1H3,(H,31,33). The van der Waals surface area contributed by atoms with Crippen LogP contribution in [0.3, 0.4) is 0 Å². The van der Waals surface area contributed by atoms with E-state index in [1.165, 1.54) is 30.2 Å². The zero-order valence-corrected chi connectivity index (χ0v) is 18.3. The van der Waals surface area contributed by atoms with Gasteiger partial charge in [0.15, 0.2) is 0 Å². The molecule has 182 valence electrons. The third kappa shape index (κ3) is 4.82. The van der Waals surface area contributed by atoms with E-state index in [4.69, 9.17) is 4.74 Å². The number of hydrogen-bond donors (Lipinski definition) is 1. The fraction of sp³-hybridized carbons (Fsp3) is 0.200. The second-order valence-corrected chi connectivity index (χ2v) is 7.94. The summed E-state index contributed by atoms with van der Waals surface area (Å²) >= 11 is 0. The van der Waals surface area contributed by atoms with Crippen LogP contribution in [0.2, 0.25) is 0 Å². The molecule has 3 aromatic rings. The van der Waals surface area contributed by atoms with Crippen molar-refractivity contribution >= 4 is 17.5 Å². The number of hydrogen-bond acceptors (Lipinski definition) is 3. The molecule has 1 aliphatic rings. The number of alkyl halides is 3. The number of benzene rings is 3. The number of carbonyl (C=O) groups excluding carboxylic acids is 2. The molecule has 1 saturated heterocycles. The second-order valence-electron chi connectivity index (χ2n) is 7.94. The van der Waals surface area contributed by atoms with Gasteiger partial charge >= 0.3 is 6.18 Å². The smallest absolute Gasteiger partial charge is 0.419 e. The summed E-state index contributed by atoms with van der Waals surface area (Å²) in [6, 6.07) is 13.2. The van der Waals surface area contributed by atoms with Gasteiger partial charge in [-0.1, -0.05) is 30.3 Å². The first-order valence-corrected chi connectivity index (χ1v) is 10.5. The molecule has 0 bridgehead atoms. The molecule has 0 saturated carbocycles. The van der Waals surface area contributed by atoms with Crippen molar-refractivity contribution < 1.29 is 36.3 Å². The molecule has 10 heteroatoms. The molecule has 0 spiro atoms. The Morgan fingerprint density at radius 3 is 2.31 bits per heavy atom. The maximum Gasteiger partial charge on any atom is 0.419 e. The van der Waals surface area contributed by atoms with Crippen LogP contribution >= 0.6 is 0 Å². The summed E-state index contributed by atoms with van der Waals surface area (Å²) in [6.07, 6.45) is -4.97. The molecule has 2 atom stereocenters. The molecule has 2 amide bonds. The molecule has 5 nitrogen and oxygen atoms in total. The summed E-state index contributed by atoms with van der Waals surface area (Å²) in [5, 5.41) is 2.32. The first-order chi connectivity index (χ1) is 16.6. The van der Waals surface area contributed by atoms with Gasteiger partial charge in [0.2, 0.25) is 11.8 Å². The molecule has 1 N–H and O–H groups in total. The summed E-state index contributed by atoms with van der Waals surface area (Å²) < 4.78 is 73.0. The van der Waals surface area contributed by atoms with E-state index in [-0.39, 0.29) is 17.8 Å². The summed E-state index contributed by atoms with van der Waals surface area (Å²) in [4.78, 5) is 27.1. The monoisotopic (exact) mass is 490 g/mol. The largest absolute Gasteiger partial charge is 0.497 e. The molecule has 4 rings (SSSR count). The van der Waals surface area contributed by atoms with Gasteiger partial charge in [0.1, 0.15) is 23.3 Å². The van der Waals surface area contributed by atoms with E-state index in [1.54, 1.807) is 24.3 Å². The van der Waals surface area contributed by atoms with Gasteiger partial charge in [0, 0.05) is 6.54 Å². The minimum Gasteiger partial charge on any atom is -0.497 e. The highest BCUT2D eigenvalue weighted by atomic mass is 19.4. The Morgan fingerprint density at radius 2 is 1.69 bits per heavy atom. The number of halogens is 5. The number of amides is 2. The molecule has 1 heterocycles. The maximum atomic E-state index is 14.0. The molecule has 1 aliphatic heterocycles. The van der Waals surface area contributed by atoms with Gasteiger partial charge in [-0.15, -0.1) is 0 Å². The average Bonchev–Trinajstić information content (AvgIpc) is 2.82. The van der Waals surface area contributed by atoms with Crippen LogP contribution in [0, 0.1) is 17.6 Å². The van der Waals surface area contributed by atoms with Crippen molar-refractivity contribution in [2.75, 3.05) is 12.4 Å². The van der Waals surface area contributed by atoms with Gasteiger partial charge in [0.25, 0.3) is 0 Å². The lowest BCUT2D eigenvalue weighted by molar-refractivity contribution is -0.162. The lowest BCUT2D eigenvalue weighted by Gasteiger charge is -2.46. The zero-order chi connectivity index (χ0) is 25.3. The molecular formula is C25H19F5N2O3. The van der Waals surface area contributed by atoms with Gasteiger partial charge in [-0.2, -0.15) is 13.2 Å². The van der Waals surface area contributed by atoms with Gasteiger partial charge in [0.05, 0.1) is 24.4 Å². The number of methoxy groups -OCH3 is 1. The van der Waals surface area contributed by atoms with E-state index in [0.29, 0.717) is 23.4 Å². The van der Waals surface area contributed by atoms with E-state index < -0.39 is 47.1 Å². The van der Waals surface area contributed by atoms with E-state index >= 15 is 0 Å². The highest BCUT2D eigenvalue weighted by molar-refractivity contribution is 6.10. The number of nitrogens with zero attached hydrogens (tertiary/aromatic N) is 1. The van der Waals surface area contributed by atoms with Crippen molar-refractivity contribution in [2.24, 2.45) is 5.92 Å². The van der Waals surface area contributed by atoms with Crippen LogP contribution in [0.4, 0.5) is 27.6 Å². The minimum absolute atomic E-state index is 0.0182. The summed E-state index contributed by atoms with van der Waals surface area (Å²) in [5.74, 6) is -4.61. The average molecular weight is 490 g/mol. The molecule has 35 heavy (non-hydrogen) atoms. The number of likely N-dealkylation sites (tertiary alicyclic amines) is 1. The van der Waals surface area contributed by atoms with Crippen LogP contribution in [0.25, 0.3) is 0 Å². The highest BCUT2D eigenvalue weighted by Gasteiger charge is 2.52. The van der Waals surface area contributed by atoms with Gasteiger partial charge in [-0.25, -0.2) is 8.78 Å². The Hall–Kier alpha value is -3.95. The van der Waals surface area contributed by atoms with Crippen LogP contribution in [-0.4, -0.2) is 23.8 Å². The summed E-state index contributed by atoms with van der Waals surface area (Å²) in [5.41, 5.74) is -1.12. The van der Waals surface area contributed by atoms with Crippen LogP contribution in [0.5, 0.6) is 5.75 Å². The van der Waals surface area contributed by atoms with Crippen LogP contribution in [0.1, 0.15) is 22.7 Å². The Labute approximate surface area is 197 Å². The fourth-order valence-electron chi connectivity index (χ4n) is 4.00. The van der Waals surface area contributed by atoms with Crippen molar-refractivity contribution in [1.29, 1.82) is 0 Å². The minimum atomic E-state index is -4.97. The van der Waals surface area contributed by atoms with Gasteiger partial charge in [-0.3, -0.25) is 9.59 Å². The number of β-lactam (4-membered cyclic amide) rings is 1. The van der Waals surface area contributed by atoms with Gasteiger partial charge < -0.3 is 15.0 Å². The predicted molar refractivity (Wildman–Crippen MR) is 116 cm³/mol. The van der Waals surface area contributed by atoms with Crippen LogP contribution in [-0.2, 0) is 22.3 Å². The topological polar surface area (TPSA) is 58.6 Å². The molecule has 2 unspecified atom stereocenters. The molecular weight excluding hydrogens is 471 g/mol. The van der Waals surface area contributed by atoms with Crippen LogP contribution < -0.4 is 10.1 Å². The van der Waals surface area contributed by atoms with Crippen molar-refractivity contribution in [1.82, 2.24) is 4.90 Å². The quantitative estimate of drug-likeness (QED) is 0.289. The van der Waals surface area contributed by atoms with Gasteiger partial charge in [-0.05, 0) is 47.5 Å². The molecule has 1 fully saturated rings. The number of para-hydroxylation sites is 1. The first kappa shape index (κ1) is 24.2. The molecule has 0 radical (unpaired) electrons. The SMILES string of the molecule is COc1ccc(CN2C(=O)C(C(=O)Nc3ccccc3F)C2c2ccc(F)c(C(F)(F)F)c2)cc1. The Morgan fingerprint density at radius 1 is 1.00 bits per heavy atom. The predicted octanol–water partition coefficient (Wildman–Crippen LogP) is 5.33. The molecule has 0 aromatic heterocycles. The number of nitrogens with one attached hydrogen (secondary N) is 1. The highest BCUT2D eigenvalue weighted by Crippen LogP contribution is 2.44. The van der Waals surface area contributed by atoms with Crippen molar-refractivity contribution in [3.8, 4) is 5.75 Å². The third-order valence-electron chi connectivity index (χ3n) is 5.76. The van der Waals surface area contributed by atoms with Crippen LogP contribution in [0.15, 0.2) is 66.7 Å². The maximum absolute atomic E-state index is 14.0. The third-order valence-corrected chi connectivity index (χ3v) is 5.76. The van der Waals surface area contributed by atoms with E-state index in [1.807, 2.05) is 0 Å². The summed E-state index contributed by atoms with van der Waals surface area (Å²) in [6.45, 7) is -0.0182. The van der Waals surface area contributed by atoms with E-state index in [9.17, 15) is 31.5 Å². The van der Waals surface area contributed by atoms with Crippen molar-refractivity contribution in [3.63, 3.8) is 0 Å². The molecule has 0 aliphatic carbocycles. The normalized spacial score (nSPS) is 17.7. The van der Waals surface area contributed by atoms with Crippen molar-refractivity contribution in [3.05, 3.63) is 95.1 Å². The number of rotatable bonds is 6. The summed E-state index contributed by atoms with van der Waals surface area (Å²) in [7, 11) is 1.48. The number of carbonyl (C=O) groups is 2. The second kappa shape index (κ2) is 9.36. The Kier molecular flexibility index (Phi) is 6.47. The molecule has 3 aromatic carbocycles. The van der Waals surface area contributed by atoms with E-state index in [0.717, 1.165) is 12.1 Å².